The van der Waals surface area contributed by atoms with Crippen LogP contribution < -0.4 is 15.0 Å². The van der Waals surface area contributed by atoms with Gasteiger partial charge < -0.3 is 20.1 Å². The summed E-state index contributed by atoms with van der Waals surface area (Å²) in [7, 11) is 0. The van der Waals surface area contributed by atoms with Gasteiger partial charge in [0.1, 0.15) is 24.3 Å². The van der Waals surface area contributed by atoms with Crippen molar-refractivity contribution in [2.24, 2.45) is 5.92 Å². The van der Waals surface area contributed by atoms with Crippen LogP contribution in [0.4, 0.5) is 32.2 Å². The molecule has 0 aliphatic carbocycles. The SMILES string of the molecule is O=C(NCC(O)COc1cccc(C(F)(F)F)c1)C1CCCN(c2ncccc2C(F)(F)F)C1. The number of hydrogen-bond acceptors (Lipinski definition) is 5. The molecule has 2 heterocycles. The lowest BCUT2D eigenvalue weighted by Gasteiger charge is -2.34. The summed E-state index contributed by atoms with van der Waals surface area (Å²) in [4.78, 5) is 17.8. The number of alkyl halides is 6. The first-order valence-corrected chi connectivity index (χ1v) is 10.5. The first kappa shape index (κ1) is 25.6. The molecular formula is C22H23F6N3O3. The molecule has 1 saturated heterocycles. The smallest absolute Gasteiger partial charge is 0.419 e. The molecule has 1 aliphatic rings. The largest absolute Gasteiger partial charge is 0.491 e. The first-order valence-electron chi connectivity index (χ1n) is 10.5. The minimum absolute atomic E-state index is 0.0305. The van der Waals surface area contributed by atoms with Crippen LogP contribution in [0.1, 0.15) is 24.0 Å². The molecular weight excluding hydrogens is 468 g/mol. The van der Waals surface area contributed by atoms with E-state index in [0.29, 0.717) is 19.4 Å². The van der Waals surface area contributed by atoms with Crippen molar-refractivity contribution in [3.63, 3.8) is 0 Å². The number of ether oxygens (including phenoxy) is 1. The van der Waals surface area contributed by atoms with Gasteiger partial charge in [-0.05, 0) is 43.2 Å². The standard InChI is InChI=1S/C22H23F6N3O3/c23-21(24,25)15-5-1-6-17(10-15)34-13-16(32)11-30-20(33)14-4-3-9-31(12-14)19-18(22(26,27)28)7-2-8-29-19/h1-2,5-8,10,14,16,32H,3-4,9,11-13H2,(H,30,33). The van der Waals surface area contributed by atoms with Crippen LogP contribution in [-0.2, 0) is 17.1 Å². The van der Waals surface area contributed by atoms with Gasteiger partial charge in [0, 0.05) is 25.8 Å². The molecule has 2 aromatic rings. The predicted molar refractivity (Wildman–Crippen MR) is 110 cm³/mol. The predicted octanol–water partition coefficient (Wildman–Crippen LogP) is 3.89. The maximum Gasteiger partial charge on any atom is 0.419 e. The van der Waals surface area contributed by atoms with E-state index < -0.39 is 41.4 Å². The van der Waals surface area contributed by atoms with E-state index in [1.165, 1.54) is 29.3 Å². The normalized spacial score (nSPS) is 17.9. The maximum atomic E-state index is 13.3. The average Bonchev–Trinajstić information content (AvgIpc) is 2.80. The van der Waals surface area contributed by atoms with Crippen LogP contribution in [-0.4, -0.2) is 48.3 Å². The molecule has 2 atom stereocenters. The van der Waals surface area contributed by atoms with Gasteiger partial charge in [-0.2, -0.15) is 26.3 Å². The summed E-state index contributed by atoms with van der Waals surface area (Å²) in [6.45, 7) is -0.243. The Bertz CT molecular complexity index is 983. The first-order chi connectivity index (χ1) is 15.9. The summed E-state index contributed by atoms with van der Waals surface area (Å²) in [5.41, 5.74) is -1.77. The molecule has 0 radical (unpaired) electrons. The van der Waals surface area contributed by atoms with Crippen molar-refractivity contribution in [1.29, 1.82) is 0 Å². The molecule has 1 aliphatic heterocycles. The summed E-state index contributed by atoms with van der Waals surface area (Å²) in [6.07, 6.45) is -8.13. The number of carbonyl (C=O) groups is 1. The van der Waals surface area contributed by atoms with Gasteiger partial charge in [-0.3, -0.25) is 4.79 Å². The monoisotopic (exact) mass is 491 g/mol. The summed E-state index contributed by atoms with van der Waals surface area (Å²) < 4.78 is 83.3. The fraction of sp³-hybridized carbons (Fsp3) is 0.455. The van der Waals surface area contributed by atoms with E-state index in [1.54, 1.807) is 0 Å². The Morgan fingerprint density at radius 3 is 2.65 bits per heavy atom. The molecule has 0 bridgehead atoms. The third-order valence-corrected chi connectivity index (χ3v) is 5.30. The fourth-order valence-corrected chi connectivity index (χ4v) is 3.63. The molecule has 1 aromatic heterocycles. The van der Waals surface area contributed by atoms with E-state index in [4.69, 9.17) is 4.74 Å². The van der Waals surface area contributed by atoms with Crippen molar-refractivity contribution < 1.29 is 41.0 Å². The number of pyridine rings is 1. The number of halogens is 6. The molecule has 186 valence electrons. The second-order valence-electron chi connectivity index (χ2n) is 7.89. The second kappa shape index (κ2) is 10.5. The molecule has 34 heavy (non-hydrogen) atoms. The summed E-state index contributed by atoms with van der Waals surface area (Å²) in [5, 5.41) is 12.6. The number of anilines is 1. The van der Waals surface area contributed by atoms with Crippen molar-refractivity contribution in [1.82, 2.24) is 10.3 Å². The number of amides is 1. The van der Waals surface area contributed by atoms with Crippen LogP contribution in [0.25, 0.3) is 0 Å². The molecule has 0 saturated carbocycles. The third-order valence-electron chi connectivity index (χ3n) is 5.30. The van der Waals surface area contributed by atoms with Gasteiger partial charge in [-0.15, -0.1) is 0 Å². The molecule has 3 rings (SSSR count). The van der Waals surface area contributed by atoms with Gasteiger partial charge >= 0.3 is 12.4 Å². The van der Waals surface area contributed by atoms with Crippen molar-refractivity contribution in [2.75, 3.05) is 31.1 Å². The van der Waals surface area contributed by atoms with E-state index in [9.17, 15) is 36.2 Å². The number of carbonyl (C=O) groups excluding carboxylic acids is 1. The van der Waals surface area contributed by atoms with Crippen LogP contribution in [0.2, 0.25) is 0 Å². The second-order valence-corrected chi connectivity index (χ2v) is 7.89. The Morgan fingerprint density at radius 2 is 1.94 bits per heavy atom. The molecule has 1 fully saturated rings. The number of rotatable bonds is 7. The van der Waals surface area contributed by atoms with Gasteiger partial charge in [0.15, 0.2) is 0 Å². The molecule has 1 amide bonds. The zero-order chi connectivity index (χ0) is 24.9. The van der Waals surface area contributed by atoms with E-state index in [2.05, 4.69) is 10.3 Å². The number of benzene rings is 1. The lowest BCUT2D eigenvalue weighted by Crippen LogP contribution is -2.46. The zero-order valence-corrected chi connectivity index (χ0v) is 17.9. The highest BCUT2D eigenvalue weighted by atomic mass is 19.4. The zero-order valence-electron chi connectivity index (χ0n) is 17.9. The number of piperidine rings is 1. The van der Waals surface area contributed by atoms with Gasteiger partial charge in [-0.25, -0.2) is 4.98 Å². The molecule has 2 N–H and O–H groups in total. The number of hydrogen-bond donors (Lipinski definition) is 2. The highest BCUT2D eigenvalue weighted by molar-refractivity contribution is 5.79. The topological polar surface area (TPSA) is 74.7 Å². The van der Waals surface area contributed by atoms with E-state index in [-0.39, 0.29) is 31.3 Å². The number of aromatic nitrogens is 1. The third kappa shape index (κ3) is 6.75. The lowest BCUT2D eigenvalue weighted by molar-refractivity contribution is -0.138. The van der Waals surface area contributed by atoms with Gasteiger partial charge in [0.2, 0.25) is 5.91 Å². The van der Waals surface area contributed by atoms with Crippen molar-refractivity contribution in [3.8, 4) is 5.75 Å². The van der Waals surface area contributed by atoms with Crippen LogP contribution in [0, 0.1) is 5.92 Å². The molecule has 1 aromatic carbocycles. The molecule has 2 unspecified atom stereocenters. The minimum atomic E-state index is -4.58. The van der Waals surface area contributed by atoms with Crippen molar-refractivity contribution >= 4 is 11.7 Å². The highest BCUT2D eigenvalue weighted by Crippen LogP contribution is 2.36. The fourth-order valence-electron chi connectivity index (χ4n) is 3.63. The highest BCUT2D eigenvalue weighted by Gasteiger charge is 2.37. The average molecular weight is 491 g/mol. The van der Waals surface area contributed by atoms with E-state index in [1.807, 2.05) is 0 Å². The lowest BCUT2D eigenvalue weighted by atomic mass is 9.96. The Labute approximate surface area is 191 Å². The van der Waals surface area contributed by atoms with Crippen LogP contribution in [0.3, 0.4) is 0 Å². The minimum Gasteiger partial charge on any atom is -0.491 e. The van der Waals surface area contributed by atoms with Crippen molar-refractivity contribution in [2.45, 2.75) is 31.3 Å². The van der Waals surface area contributed by atoms with Crippen LogP contribution in [0.5, 0.6) is 5.75 Å². The van der Waals surface area contributed by atoms with Crippen molar-refractivity contribution in [3.05, 3.63) is 53.7 Å². The summed E-state index contributed by atoms with van der Waals surface area (Å²) >= 11 is 0. The summed E-state index contributed by atoms with van der Waals surface area (Å²) in [6, 6.07) is 6.31. The Morgan fingerprint density at radius 1 is 1.18 bits per heavy atom. The quantitative estimate of drug-likeness (QED) is 0.575. The van der Waals surface area contributed by atoms with Gasteiger partial charge in [0.05, 0.1) is 17.0 Å². The molecule has 6 nitrogen and oxygen atoms in total. The number of aliphatic hydroxyl groups is 1. The number of nitrogens with zero attached hydrogens (tertiary/aromatic N) is 2. The van der Waals surface area contributed by atoms with Gasteiger partial charge in [-0.1, -0.05) is 6.07 Å². The van der Waals surface area contributed by atoms with Crippen LogP contribution in [0.15, 0.2) is 42.6 Å². The number of aliphatic hydroxyl groups excluding tert-OH is 1. The van der Waals surface area contributed by atoms with Crippen LogP contribution >= 0.6 is 0 Å². The van der Waals surface area contributed by atoms with E-state index in [0.717, 1.165) is 18.2 Å². The summed E-state index contributed by atoms with van der Waals surface area (Å²) in [5.74, 6) is -1.39. The number of nitrogens with one attached hydrogen (secondary N) is 1. The van der Waals surface area contributed by atoms with Gasteiger partial charge in [0.25, 0.3) is 0 Å². The molecule has 0 spiro atoms. The Hall–Kier alpha value is -3.02. The van der Waals surface area contributed by atoms with E-state index >= 15 is 0 Å². The Kier molecular flexibility index (Phi) is 7.90. The maximum absolute atomic E-state index is 13.3. The molecule has 12 heteroatoms. The Balaban J connectivity index is 1.51.